The molecule has 1 N–H and O–H groups in total. The molecule has 2 aliphatic heterocycles. The van der Waals surface area contributed by atoms with Gasteiger partial charge in [-0.2, -0.15) is 0 Å². The monoisotopic (exact) mass is 391 g/mol. The summed E-state index contributed by atoms with van der Waals surface area (Å²) in [7, 11) is 0. The van der Waals surface area contributed by atoms with Gasteiger partial charge in [-0.05, 0) is 50.3 Å². The van der Waals surface area contributed by atoms with Crippen LogP contribution < -0.4 is 9.64 Å². The van der Waals surface area contributed by atoms with E-state index in [2.05, 4.69) is 43.0 Å². The highest BCUT2D eigenvalue weighted by molar-refractivity contribution is 6.50. The van der Waals surface area contributed by atoms with Crippen LogP contribution in [0.4, 0.5) is 5.69 Å². The van der Waals surface area contributed by atoms with Crippen molar-refractivity contribution in [2.24, 2.45) is 16.8 Å². The zero-order valence-corrected chi connectivity index (χ0v) is 17.3. The van der Waals surface area contributed by atoms with E-state index in [9.17, 15) is 4.79 Å². The maximum absolute atomic E-state index is 13.1. The van der Waals surface area contributed by atoms with Crippen molar-refractivity contribution in [1.82, 2.24) is 0 Å². The van der Waals surface area contributed by atoms with Gasteiger partial charge in [0.05, 0.1) is 17.7 Å². The fraction of sp³-hybridized carbons (Fsp3) is 0.542. The van der Waals surface area contributed by atoms with E-state index < -0.39 is 6.10 Å². The predicted molar refractivity (Wildman–Crippen MR) is 116 cm³/mol. The Balaban J connectivity index is 1.54. The topological polar surface area (TPSA) is 65.8 Å². The molecule has 4 unspecified atom stereocenters. The Morgan fingerprint density at radius 3 is 2.86 bits per heavy atom. The lowest BCUT2D eigenvalue weighted by molar-refractivity contribution is -0.116. The summed E-state index contributed by atoms with van der Waals surface area (Å²) in [6.45, 7) is 6.27. The van der Waals surface area contributed by atoms with Crippen molar-refractivity contribution in [3.63, 3.8) is 0 Å². The van der Waals surface area contributed by atoms with E-state index in [1.54, 1.807) is 0 Å². The number of hydrogen-bond donors (Lipinski definition) is 1. The zero-order chi connectivity index (χ0) is 20.1. The van der Waals surface area contributed by atoms with Gasteiger partial charge in [0.25, 0.3) is 0 Å². The molecule has 5 heteroatoms. The first-order chi connectivity index (χ1) is 14.1. The fourth-order valence-electron chi connectivity index (χ4n) is 5.56. The molecular weight excluding hydrogens is 362 g/mol. The summed E-state index contributed by atoms with van der Waals surface area (Å²) in [6.07, 6.45) is 7.05. The van der Waals surface area contributed by atoms with Crippen LogP contribution in [0.3, 0.4) is 0 Å². The van der Waals surface area contributed by atoms with Crippen molar-refractivity contribution >= 4 is 29.0 Å². The van der Waals surface area contributed by atoms with Gasteiger partial charge in [-0.1, -0.05) is 19.8 Å². The number of anilines is 1. The smallest absolute Gasteiger partial charge is 0.189 e. The van der Waals surface area contributed by atoms with E-state index in [1.165, 1.54) is 6.42 Å². The van der Waals surface area contributed by atoms with E-state index in [1.807, 2.05) is 0 Å². The number of nitrogens with zero attached hydrogens (tertiary/aromatic N) is 2. The van der Waals surface area contributed by atoms with Crippen molar-refractivity contribution < 1.29 is 9.53 Å². The van der Waals surface area contributed by atoms with Crippen LogP contribution in [0.5, 0.6) is 5.75 Å². The highest BCUT2D eigenvalue weighted by Crippen LogP contribution is 2.46. The average Bonchev–Trinajstić information content (AvgIpc) is 3.14. The van der Waals surface area contributed by atoms with E-state index in [0.29, 0.717) is 0 Å². The maximum atomic E-state index is 13.1. The number of rotatable bonds is 4. The second kappa shape index (κ2) is 7.12. The molecule has 2 fully saturated rings. The number of carbonyl (C=O) groups is 1. The third kappa shape index (κ3) is 2.85. The Labute approximate surface area is 172 Å². The Bertz CT molecular complexity index is 932. The molecule has 4 aliphatic rings. The summed E-state index contributed by atoms with van der Waals surface area (Å²) in [4.78, 5) is 20.4. The van der Waals surface area contributed by atoms with Gasteiger partial charge in [0.15, 0.2) is 11.9 Å². The molecule has 0 bridgehead atoms. The molecule has 29 heavy (non-hydrogen) atoms. The Morgan fingerprint density at radius 2 is 2.07 bits per heavy atom. The summed E-state index contributed by atoms with van der Waals surface area (Å²) >= 11 is 0. The number of hydrogen-bond acceptors (Lipinski definition) is 5. The number of aliphatic imine (C=N–C) groups is 1. The average molecular weight is 392 g/mol. The predicted octanol–water partition coefficient (Wildman–Crippen LogP) is 4.30. The quantitative estimate of drug-likeness (QED) is 0.832. The lowest BCUT2D eigenvalue weighted by Crippen LogP contribution is -2.50. The molecule has 0 saturated heterocycles. The van der Waals surface area contributed by atoms with Crippen molar-refractivity contribution in [3.8, 4) is 5.75 Å². The van der Waals surface area contributed by atoms with Crippen molar-refractivity contribution in [2.45, 2.75) is 58.1 Å². The van der Waals surface area contributed by atoms with Crippen LogP contribution in [0, 0.1) is 17.2 Å². The molecule has 4 atom stereocenters. The van der Waals surface area contributed by atoms with Crippen LogP contribution in [0.15, 0.2) is 28.8 Å². The first kappa shape index (κ1) is 18.6. The molecular formula is C24H29N3O2. The first-order valence-corrected chi connectivity index (χ1v) is 11.1. The highest BCUT2D eigenvalue weighted by atomic mass is 16.5. The minimum atomic E-state index is -0.610. The zero-order valence-electron chi connectivity index (χ0n) is 17.3. The van der Waals surface area contributed by atoms with Crippen molar-refractivity contribution in [1.29, 1.82) is 5.41 Å². The molecule has 1 aromatic carbocycles. The summed E-state index contributed by atoms with van der Waals surface area (Å²) in [5.41, 5.74) is 4.09. The van der Waals surface area contributed by atoms with Crippen molar-refractivity contribution in [2.75, 3.05) is 18.0 Å². The third-order valence-corrected chi connectivity index (χ3v) is 6.99. The minimum Gasteiger partial charge on any atom is -0.478 e. The molecule has 0 amide bonds. The fourth-order valence-corrected chi connectivity index (χ4v) is 5.56. The summed E-state index contributed by atoms with van der Waals surface area (Å²) in [5, 5.41) is 8.58. The molecule has 5 rings (SSSR count). The van der Waals surface area contributed by atoms with E-state index >= 15 is 0 Å². The van der Waals surface area contributed by atoms with Gasteiger partial charge in [0.2, 0.25) is 0 Å². The number of ketones is 1. The van der Waals surface area contributed by atoms with Crippen molar-refractivity contribution in [3.05, 3.63) is 29.3 Å². The molecule has 152 valence electrons. The SMILES string of the molecule is CCCN(CC)c1ccc2c(c1)OC1C(=N)C(=O)C3C(=NC4CCCCC43)C1=C2. The molecule has 5 nitrogen and oxygen atoms in total. The normalized spacial score (nSPS) is 29.7. The van der Waals surface area contributed by atoms with Gasteiger partial charge in [0.1, 0.15) is 11.5 Å². The second-order valence-electron chi connectivity index (χ2n) is 8.68. The van der Waals surface area contributed by atoms with Gasteiger partial charge in [0, 0.05) is 36.0 Å². The number of ether oxygens (including phenoxy) is 1. The number of nitrogens with one attached hydrogen (secondary N) is 1. The number of carbonyl (C=O) groups excluding carboxylic acids is 1. The third-order valence-electron chi connectivity index (χ3n) is 6.99. The summed E-state index contributed by atoms with van der Waals surface area (Å²) in [6, 6.07) is 6.55. The molecule has 1 aromatic rings. The molecule has 0 spiro atoms. The number of benzene rings is 1. The Hall–Kier alpha value is -2.43. The van der Waals surface area contributed by atoms with Crippen LogP contribution in [-0.2, 0) is 4.79 Å². The molecule has 2 heterocycles. The molecule has 2 aliphatic carbocycles. The van der Waals surface area contributed by atoms with Crippen LogP contribution in [0.25, 0.3) is 6.08 Å². The van der Waals surface area contributed by atoms with Gasteiger partial charge < -0.3 is 9.64 Å². The van der Waals surface area contributed by atoms with Gasteiger partial charge >= 0.3 is 0 Å². The van der Waals surface area contributed by atoms with E-state index in [0.717, 1.165) is 67.1 Å². The largest absolute Gasteiger partial charge is 0.478 e. The standard InChI is InChI=1S/C24H29N3O2/c1-3-11-27(4-2)15-10-9-14-12-17-22-20(16-7-5-6-8-18(16)26-22)23(28)21(25)24(17)29-19(14)13-15/h9-10,12-13,16,18,20,24-25H,3-8,11H2,1-2H3. The lowest BCUT2D eigenvalue weighted by Gasteiger charge is -2.36. The van der Waals surface area contributed by atoms with Crippen LogP contribution in [-0.4, -0.2) is 42.4 Å². The molecule has 2 saturated carbocycles. The number of fused-ring (bicyclic) bond motifs is 6. The van der Waals surface area contributed by atoms with Gasteiger partial charge in [-0.15, -0.1) is 0 Å². The molecule has 0 aromatic heterocycles. The van der Waals surface area contributed by atoms with Crippen LogP contribution >= 0.6 is 0 Å². The number of Topliss-reactive ketones (excluding diaryl/α,β-unsaturated/α-hetero) is 1. The Kier molecular flexibility index (Phi) is 4.56. The van der Waals surface area contributed by atoms with Gasteiger partial charge in [-0.3, -0.25) is 15.2 Å². The van der Waals surface area contributed by atoms with E-state index in [-0.39, 0.29) is 29.4 Å². The van der Waals surface area contributed by atoms with Crippen LogP contribution in [0.2, 0.25) is 0 Å². The summed E-state index contributed by atoms with van der Waals surface area (Å²) in [5.74, 6) is 0.753. The second-order valence-corrected chi connectivity index (χ2v) is 8.68. The Morgan fingerprint density at radius 1 is 1.24 bits per heavy atom. The van der Waals surface area contributed by atoms with E-state index in [4.69, 9.17) is 15.1 Å². The first-order valence-electron chi connectivity index (χ1n) is 11.1. The lowest BCUT2D eigenvalue weighted by atomic mass is 9.69. The highest BCUT2D eigenvalue weighted by Gasteiger charge is 2.52. The minimum absolute atomic E-state index is 0.0685. The van der Waals surface area contributed by atoms with Gasteiger partial charge in [-0.25, -0.2) is 0 Å². The van der Waals surface area contributed by atoms with Crippen LogP contribution in [0.1, 0.15) is 51.5 Å². The summed E-state index contributed by atoms with van der Waals surface area (Å²) < 4.78 is 6.27. The molecule has 0 radical (unpaired) electrons. The maximum Gasteiger partial charge on any atom is 0.189 e.